The van der Waals surface area contributed by atoms with E-state index in [1.165, 1.54) is 0 Å². The number of aliphatic hydroxyl groups excluding tert-OH is 1. The monoisotopic (exact) mass is 412 g/mol. The highest BCUT2D eigenvalue weighted by molar-refractivity contribution is 6.42. The third kappa shape index (κ3) is 3.75. The predicted octanol–water partition coefficient (Wildman–Crippen LogP) is 2.66. The molecule has 0 aromatic heterocycles. The Bertz CT molecular complexity index is 848. The summed E-state index contributed by atoms with van der Waals surface area (Å²) < 4.78 is 0. The van der Waals surface area contributed by atoms with Crippen LogP contribution in [0.3, 0.4) is 0 Å². The maximum atomic E-state index is 13.0. The van der Waals surface area contributed by atoms with E-state index in [-0.39, 0.29) is 18.7 Å². The minimum absolute atomic E-state index is 0.163. The minimum Gasteiger partial charge on any atom is -0.511 e. The van der Waals surface area contributed by atoms with Gasteiger partial charge in [-0.3, -0.25) is 14.4 Å². The van der Waals surface area contributed by atoms with Gasteiger partial charge in [-0.2, -0.15) is 0 Å². The Balaban J connectivity index is 1.89. The second kappa shape index (κ2) is 7.40. The molecule has 1 aliphatic heterocycles. The molecule has 1 saturated carbocycles. The maximum Gasteiger partial charge on any atom is 0.322 e. The van der Waals surface area contributed by atoms with Gasteiger partial charge in [-0.05, 0) is 37.0 Å². The number of nitrogens with one attached hydrogen (secondary N) is 1. The molecular weight excluding hydrogens is 395 g/mol. The predicted molar refractivity (Wildman–Crippen MR) is 98.5 cm³/mol. The molecule has 144 valence electrons. The number of hydrogen-bond donors (Lipinski definition) is 3. The lowest BCUT2D eigenvalue weighted by molar-refractivity contribution is -0.144. The van der Waals surface area contributed by atoms with Crippen LogP contribution in [0, 0.1) is 0 Å². The summed E-state index contributed by atoms with van der Waals surface area (Å²) in [7, 11) is 0. The number of halogens is 2. The number of carbonyl (C=O) groups excluding carboxylic acids is 2. The van der Waals surface area contributed by atoms with Gasteiger partial charge in [0.2, 0.25) is 0 Å². The van der Waals surface area contributed by atoms with Crippen molar-refractivity contribution < 1.29 is 24.6 Å². The minimum atomic E-state index is -1.24. The number of carboxylic acid groups (broad SMARTS) is 1. The Hall–Kier alpha value is -2.25. The van der Waals surface area contributed by atoms with Crippen molar-refractivity contribution in [1.82, 2.24) is 10.2 Å². The van der Waals surface area contributed by atoms with E-state index in [4.69, 9.17) is 28.3 Å². The Labute approximate surface area is 165 Å². The molecule has 3 rings (SSSR count). The summed E-state index contributed by atoms with van der Waals surface area (Å²) in [5.41, 5.74) is -0.200. The summed E-state index contributed by atoms with van der Waals surface area (Å²) in [4.78, 5) is 37.5. The first kappa shape index (κ1) is 19.5. The summed E-state index contributed by atoms with van der Waals surface area (Å²) in [6.45, 7) is -0.431. The Morgan fingerprint density at radius 1 is 1.22 bits per heavy atom. The SMILES string of the molecule is O=C(O)CNC(=O)C1=C(O)CC2(CCC2)N(Cc2ccc(Cl)c(Cl)c2)C1=O. The second-order valence-electron chi connectivity index (χ2n) is 6.79. The van der Waals surface area contributed by atoms with Crippen molar-refractivity contribution >= 4 is 41.0 Å². The van der Waals surface area contributed by atoms with E-state index in [0.717, 1.165) is 12.0 Å². The third-order valence-electron chi connectivity index (χ3n) is 5.05. The molecule has 1 aliphatic carbocycles. The largest absolute Gasteiger partial charge is 0.511 e. The molecule has 3 N–H and O–H groups in total. The Morgan fingerprint density at radius 3 is 2.48 bits per heavy atom. The van der Waals surface area contributed by atoms with Crippen LogP contribution in [0.15, 0.2) is 29.5 Å². The lowest BCUT2D eigenvalue weighted by atomic mass is 9.70. The lowest BCUT2D eigenvalue weighted by Gasteiger charge is -2.52. The quantitative estimate of drug-likeness (QED) is 0.644. The maximum absolute atomic E-state index is 13.0. The van der Waals surface area contributed by atoms with Crippen molar-refractivity contribution in [3.63, 3.8) is 0 Å². The molecule has 1 aromatic rings. The van der Waals surface area contributed by atoms with Gasteiger partial charge in [-0.15, -0.1) is 0 Å². The fourth-order valence-electron chi connectivity index (χ4n) is 3.53. The number of carboxylic acids is 1. The van der Waals surface area contributed by atoms with E-state index >= 15 is 0 Å². The molecule has 1 spiro atoms. The first-order valence-electron chi connectivity index (χ1n) is 8.41. The van der Waals surface area contributed by atoms with Crippen LogP contribution in [0.25, 0.3) is 0 Å². The number of nitrogens with zero attached hydrogens (tertiary/aromatic N) is 1. The van der Waals surface area contributed by atoms with Gasteiger partial charge in [0.1, 0.15) is 17.9 Å². The van der Waals surface area contributed by atoms with Crippen LogP contribution in [-0.2, 0) is 20.9 Å². The molecule has 1 heterocycles. The Morgan fingerprint density at radius 2 is 1.93 bits per heavy atom. The van der Waals surface area contributed by atoms with Crippen LogP contribution in [0.4, 0.5) is 0 Å². The topological polar surface area (TPSA) is 107 Å². The second-order valence-corrected chi connectivity index (χ2v) is 7.61. The van der Waals surface area contributed by atoms with Crippen LogP contribution in [0.1, 0.15) is 31.2 Å². The number of carbonyl (C=O) groups is 3. The fourth-order valence-corrected chi connectivity index (χ4v) is 3.85. The van der Waals surface area contributed by atoms with Crippen LogP contribution in [0.2, 0.25) is 10.0 Å². The van der Waals surface area contributed by atoms with Gasteiger partial charge in [-0.1, -0.05) is 29.3 Å². The zero-order valence-electron chi connectivity index (χ0n) is 14.3. The molecule has 7 nitrogen and oxygen atoms in total. The number of aliphatic hydroxyl groups is 1. The fraction of sp³-hybridized carbons (Fsp3) is 0.389. The highest BCUT2D eigenvalue weighted by Crippen LogP contribution is 2.46. The average molecular weight is 413 g/mol. The summed E-state index contributed by atoms with van der Waals surface area (Å²) in [6.07, 6.45) is 2.51. The molecule has 0 radical (unpaired) electrons. The zero-order chi connectivity index (χ0) is 19.8. The van der Waals surface area contributed by atoms with E-state index in [2.05, 4.69) is 5.32 Å². The Kier molecular flexibility index (Phi) is 5.35. The van der Waals surface area contributed by atoms with Crippen molar-refractivity contribution in [1.29, 1.82) is 0 Å². The molecule has 1 fully saturated rings. The summed E-state index contributed by atoms with van der Waals surface area (Å²) >= 11 is 12.0. The van der Waals surface area contributed by atoms with Crippen LogP contribution in [-0.4, -0.2) is 45.0 Å². The first-order chi connectivity index (χ1) is 12.7. The van der Waals surface area contributed by atoms with Crippen molar-refractivity contribution in [3.8, 4) is 0 Å². The van der Waals surface area contributed by atoms with E-state index in [0.29, 0.717) is 22.9 Å². The highest BCUT2D eigenvalue weighted by atomic mass is 35.5. The van der Waals surface area contributed by atoms with Crippen LogP contribution in [0.5, 0.6) is 0 Å². The van der Waals surface area contributed by atoms with Gasteiger partial charge in [0.05, 0.1) is 15.6 Å². The summed E-state index contributed by atoms with van der Waals surface area (Å²) in [5, 5.41) is 21.9. The van der Waals surface area contributed by atoms with Gasteiger partial charge < -0.3 is 20.4 Å². The van der Waals surface area contributed by atoms with Crippen LogP contribution < -0.4 is 5.32 Å². The number of benzene rings is 1. The molecule has 2 aliphatic rings. The van der Waals surface area contributed by atoms with Crippen LogP contribution >= 0.6 is 23.2 Å². The molecule has 0 atom stereocenters. The molecule has 1 aromatic carbocycles. The van der Waals surface area contributed by atoms with Gasteiger partial charge >= 0.3 is 5.97 Å². The van der Waals surface area contributed by atoms with E-state index in [9.17, 15) is 19.5 Å². The lowest BCUT2D eigenvalue weighted by Crippen LogP contribution is -2.60. The highest BCUT2D eigenvalue weighted by Gasteiger charge is 2.51. The first-order valence-corrected chi connectivity index (χ1v) is 9.17. The normalized spacial score (nSPS) is 18.4. The van der Waals surface area contributed by atoms with E-state index in [1.54, 1.807) is 23.1 Å². The molecule has 27 heavy (non-hydrogen) atoms. The number of aliphatic carboxylic acids is 1. The average Bonchev–Trinajstić information content (AvgIpc) is 2.57. The van der Waals surface area contributed by atoms with Crippen molar-refractivity contribution in [2.24, 2.45) is 0 Å². The van der Waals surface area contributed by atoms with Gasteiger partial charge in [0, 0.05) is 13.0 Å². The summed E-state index contributed by atoms with van der Waals surface area (Å²) in [6, 6.07) is 5.04. The van der Waals surface area contributed by atoms with Gasteiger partial charge in [0.25, 0.3) is 11.8 Å². The van der Waals surface area contributed by atoms with Crippen molar-refractivity contribution in [2.45, 2.75) is 37.8 Å². The standard InChI is InChI=1S/C18H18Cl2N2O5/c19-11-3-2-10(6-12(11)20)9-22-17(27)15(16(26)21-8-14(24)25)13(23)7-18(22)4-1-5-18/h2-3,6,23H,1,4-5,7-9H2,(H,21,26)(H,24,25). The molecule has 0 saturated heterocycles. The zero-order valence-corrected chi connectivity index (χ0v) is 15.8. The number of rotatable bonds is 5. The molecule has 9 heteroatoms. The molecule has 0 bridgehead atoms. The summed E-state index contributed by atoms with van der Waals surface area (Å²) in [5.74, 6) is -3.05. The van der Waals surface area contributed by atoms with Crippen molar-refractivity contribution in [2.75, 3.05) is 6.54 Å². The molecule has 2 amide bonds. The molecular formula is C18H18Cl2N2O5. The van der Waals surface area contributed by atoms with Crippen molar-refractivity contribution in [3.05, 3.63) is 45.1 Å². The van der Waals surface area contributed by atoms with E-state index < -0.39 is 35.4 Å². The van der Waals surface area contributed by atoms with E-state index in [1.807, 2.05) is 0 Å². The number of hydrogen-bond acceptors (Lipinski definition) is 4. The van der Waals surface area contributed by atoms with Gasteiger partial charge in [0.15, 0.2) is 0 Å². The third-order valence-corrected chi connectivity index (χ3v) is 5.79. The van der Waals surface area contributed by atoms with Gasteiger partial charge in [-0.25, -0.2) is 0 Å². The smallest absolute Gasteiger partial charge is 0.322 e. The molecule has 0 unspecified atom stereocenters. The number of amides is 2.